The van der Waals surface area contributed by atoms with E-state index in [2.05, 4.69) is 0 Å². The van der Waals surface area contributed by atoms with Crippen LogP contribution in [-0.4, -0.2) is 45.2 Å². The number of aliphatic hydroxyl groups excluding tert-OH is 2. The van der Waals surface area contributed by atoms with Crippen molar-refractivity contribution in [2.75, 3.05) is 6.61 Å². The molecule has 0 fully saturated rings. The molecular weight excluding hydrogens is 296 g/mol. The first-order valence-electron chi connectivity index (χ1n) is 6.51. The number of phenols is 2. The molecule has 3 unspecified atom stereocenters. The summed E-state index contributed by atoms with van der Waals surface area (Å²) in [6.07, 6.45) is -2.58. The van der Waals surface area contributed by atoms with E-state index in [0.29, 0.717) is 0 Å². The van der Waals surface area contributed by atoms with Crippen LogP contribution in [0.2, 0.25) is 0 Å². The number of esters is 1. The molecule has 0 saturated carbocycles. The van der Waals surface area contributed by atoms with Gasteiger partial charge in [-0.3, -0.25) is 0 Å². The number of carbonyl (C=O) groups is 1. The number of ether oxygens (including phenoxy) is 3. The van der Waals surface area contributed by atoms with Gasteiger partial charge in [-0.2, -0.15) is 0 Å². The van der Waals surface area contributed by atoms with Crippen LogP contribution >= 0.6 is 0 Å². The third-order valence-corrected chi connectivity index (χ3v) is 3.51. The van der Waals surface area contributed by atoms with Crippen molar-refractivity contribution in [3.05, 3.63) is 35.3 Å². The Hall–Kier alpha value is -2.45. The Morgan fingerprint density at radius 2 is 1.91 bits per heavy atom. The molecule has 0 spiro atoms. The van der Waals surface area contributed by atoms with Crippen LogP contribution in [-0.2, 0) is 24.8 Å². The van der Waals surface area contributed by atoms with Crippen LogP contribution in [0, 0.1) is 0 Å². The minimum Gasteiger partial charge on any atom is -0.507 e. The Morgan fingerprint density at radius 1 is 1.27 bits per heavy atom. The molecule has 22 heavy (non-hydrogen) atoms. The van der Waals surface area contributed by atoms with Gasteiger partial charge >= 0.3 is 5.97 Å². The normalized spacial score (nSPS) is 28.0. The zero-order chi connectivity index (χ0) is 16.1. The second-order valence-corrected chi connectivity index (χ2v) is 5.09. The second kappa shape index (κ2) is 4.79. The van der Waals surface area contributed by atoms with Crippen molar-refractivity contribution in [1.82, 2.24) is 0 Å². The van der Waals surface area contributed by atoms with Crippen LogP contribution in [0.5, 0.6) is 11.5 Å². The predicted molar refractivity (Wildman–Crippen MR) is 69.3 cm³/mol. The molecule has 0 radical (unpaired) electrons. The van der Waals surface area contributed by atoms with E-state index in [0.717, 1.165) is 0 Å². The van der Waals surface area contributed by atoms with Gasteiger partial charge in [0.1, 0.15) is 23.2 Å². The van der Waals surface area contributed by atoms with Crippen LogP contribution in [0.4, 0.5) is 0 Å². The monoisotopic (exact) mass is 310 g/mol. The highest BCUT2D eigenvalue weighted by Gasteiger charge is 2.54. The summed E-state index contributed by atoms with van der Waals surface area (Å²) in [5, 5.41) is 38.5. The summed E-state index contributed by atoms with van der Waals surface area (Å²) >= 11 is 0. The molecule has 3 rings (SSSR count). The van der Waals surface area contributed by atoms with Gasteiger partial charge in [-0.15, -0.1) is 0 Å². The van der Waals surface area contributed by atoms with Gasteiger partial charge in [-0.1, -0.05) is 6.07 Å². The predicted octanol–water partition coefficient (Wildman–Crippen LogP) is -0.193. The molecule has 8 nitrogen and oxygen atoms in total. The molecule has 0 aromatic heterocycles. The Morgan fingerprint density at radius 3 is 2.50 bits per heavy atom. The lowest BCUT2D eigenvalue weighted by Crippen LogP contribution is -2.35. The maximum absolute atomic E-state index is 11.8. The van der Waals surface area contributed by atoms with Crippen LogP contribution < -0.4 is 0 Å². The van der Waals surface area contributed by atoms with E-state index in [-0.39, 0.29) is 28.6 Å². The molecule has 2 heterocycles. The third-order valence-electron chi connectivity index (χ3n) is 3.51. The average molecular weight is 310 g/mol. The van der Waals surface area contributed by atoms with E-state index in [4.69, 9.17) is 19.3 Å². The molecule has 0 saturated heterocycles. The van der Waals surface area contributed by atoms with Crippen molar-refractivity contribution in [3.63, 3.8) is 0 Å². The molecule has 4 N–H and O–H groups in total. The number of aromatic hydroxyl groups is 2. The Labute approximate surface area is 124 Å². The van der Waals surface area contributed by atoms with E-state index in [1.165, 1.54) is 25.1 Å². The molecule has 0 amide bonds. The fraction of sp³-hybridized carbons (Fsp3) is 0.357. The maximum atomic E-state index is 11.8. The fourth-order valence-electron chi connectivity index (χ4n) is 2.52. The van der Waals surface area contributed by atoms with Crippen LogP contribution in [0.3, 0.4) is 0 Å². The fourth-order valence-corrected chi connectivity index (χ4v) is 2.52. The topological polar surface area (TPSA) is 126 Å². The van der Waals surface area contributed by atoms with Gasteiger partial charge in [-0.05, 0) is 12.1 Å². The number of aliphatic hydroxyl groups is 2. The van der Waals surface area contributed by atoms with Gasteiger partial charge in [0.05, 0.1) is 6.61 Å². The third kappa shape index (κ3) is 1.96. The van der Waals surface area contributed by atoms with Crippen molar-refractivity contribution in [2.24, 2.45) is 0 Å². The molecule has 0 bridgehead atoms. The van der Waals surface area contributed by atoms with Crippen molar-refractivity contribution < 1.29 is 39.4 Å². The van der Waals surface area contributed by atoms with Gasteiger partial charge in [0.25, 0.3) is 11.5 Å². The number of phenolic OH excluding ortho intramolecular Hbond substituents is 2. The largest absolute Gasteiger partial charge is 0.507 e. The molecule has 0 aliphatic carbocycles. The highest BCUT2D eigenvalue weighted by Crippen LogP contribution is 2.49. The molecular formula is C14H14O8. The molecule has 118 valence electrons. The SMILES string of the molecule is CC1(c2c(O)cccc2O)OC2=C(O1)C(C(O)CO)OC2=O. The minimum absolute atomic E-state index is 0.0607. The number of hydrogen-bond donors (Lipinski definition) is 4. The zero-order valence-electron chi connectivity index (χ0n) is 11.5. The lowest BCUT2D eigenvalue weighted by Gasteiger charge is -2.29. The van der Waals surface area contributed by atoms with Crippen LogP contribution in [0.25, 0.3) is 0 Å². The van der Waals surface area contributed by atoms with E-state index >= 15 is 0 Å². The first-order chi connectivity index (χ1) is 10.4. The maximum Gasteiger partial charge on any atom is 0.378 e. The lowest BCUT2D eigenvalue weighted by atomic mass is 10.0. The average Bonchev–Trinajstić information content (AvgIpc) is 2.95. The summed E-state index contributed by atoms with van der Waals surface area (Å²) in [4.78, 5) is 11.8. The highest BCUT2D eigenvalue weighted by atomic mass is 16.8. The van der Waals surface area contributed by atoms with Crippen molar-refractivity contribution in [2.45, 2.75) is 24.9 Å². The summed E-state index contributed by atoms with van der Waals surface area (Å²) in [5.74, 6) is -3.43. The van der Waals surface area contributed by atoms with Gasteiger partial charge < -0.3 is 34.6 Å². The van der Waals surface area contributed by atoms with Crippen molar-refractivity contribution >= 4 is 5.97 Å². The molecule has 1 aromatic carbocycles. The second-order valence-electron chi connectivity index (χ2n) is 5.09. The van der Waals surface area contributed by atoms with Gasteiger partial charge in [-0.25, -0.2) is 4.79 Å². The molecule has 1 aromatic rings. The molecule has 2 aliphatic rings. The van der Waals surface area contributed by atoms with Gasteiger partial charge in [0.2, 0.25) is 0 Å². The standard InChI is InChI=1S/C14H14O8/c1-14(9-6(16)3-2-4-7(9)17)21-11-10(8(18)5-15)20-13(19)12(11)22-14/h2-4,8,10,15-18H,5H2,1H3. The molecule has 2 aliphatic heterocycles. The number of rotatable bonds is 3. The van der Waals surface area contributed by atoms with Crippen LogP contribution in [0.15, 0.2) is 29.7 Å². The molecule has 3 atom stereocenters. The van der Waals surface area contributed by atoms with Crippen molar-refractivity contribution in [3.8, 4) is 11.5 Å². The number of cyclic esters (lactones) is 1. The summed E-state index contributed by atoms with van der Waals surface area (Å²) in [7, 11) is 0. The smallest absolute Gasteiger partial charge is 0.378 e. The summed E-state index contributed by atoms with van der Waals surface area (Å²) in [6.45, 7) is 0.756. The van der Waals surface area contributed by atoms with E-state index in [1.807, 2.05) is 0 Å². The number of benzene rings is 1. The lowest BCUT2D eigenvalue weighted by molar-refractivity contribution is -0.189. The van der Waals surface area contributed by atoms with Crippen molar-refractivity contribution in [1.29, 1.82) is 0 Å². The summed E-state index contributed by atoms with van der Waals surface area (Å²) in [6, 6.07) is 4.09. The highest BCUT2D eigenvalue weighted by molar-refractivity contribution is 5.90. The Kier molecular flexibility index (Phi) is 3.15. The van der Waals surface area contributed by atoms with Crippen LogP contribution in [0.1, 0.15) is 12.5 Å². The van der Waals surface area contributed by atoms with Gasteiger partial charge in [0.15, 0.2) is 11.9 Å². The van der Waals surface area contributed by atoms with E-state index in [9.17, 15) is 20.1 Å². The summed E-state index contributed by atoms with van der Waals surface area (Å²) in [5.41, 5.74) is -0.0607. The Balaban J connectivity index is 1.98. The van der Waals surface area contributed by atoms with E-state index in [1.54, 1.807) is 0 Å². The number of hydrogen-bond acceptors (Lipinski definition) is 8. The first-order valence-corrected chi connectivity index (χ1v) is 6.51. The van der Waals surface area contributed by atoms with Gasteiger partial charge in [0, 0.05) is 6.92 Å². The molecule has 8 heteroatoms. The summed E-state index contributed by atoms with van der Waals surface area (Å²) < 4.78 is 15.8. The minimum atomic E-state index is -1.66. The Bertz CT molecular complexity index is 647. The quantitative estimate of drug-likeness (QED) is 0.566. The van der Waals surface area contributed by atoms with E-state index < -0.39 is 30.6 Å². The number of carbonyl (C=O) groups excluding carboxylic acids is 1. The zero-order valence-corrected chi connectivity index (χ0v) is 11.5. The first kappa shape index (κ1) is 14.5.